The number of thiocarbonyl (C=S) groups is 2. The Morgan fingerprint density at radius 1 is 1.25 bits per heavy atom. The SMILES string of the molecule is COc1ccc(/C=C2\SC(=S)NC2=S)cc1. The Hall–Kier alpha value is -0.910. The van der Waals surface area contributed by atoms with Gasteiger partial charge in [-0.1, -0.05) is 48.3 Å². The lowest BCUT2D eigenvalue weighted by Gasteiger charge is -2.00. The predicted octanol–water partition coefficient (Wildman–Crippen LogP) is 2.98. The number of ether oxygens (including phenoxy) is 1. The second-order valence-electron chi connectivity index (χ2n) is 3.13. The molecule has 0 spiro atoms. The van der Waals surface area contributed by atoms with Crippen LogP contribution in [0.3, 0.4) is 0 Å². The summed E-state index contributed by atoms with van der Waals surface area (Å²) in [6.45, 7) is 0. The highest BCUT2D eigenvalue weighted by Crippen LogP contribution is 2.27. The van der Waals surface area contributed by atoms with Crippen molar-refractivity contribution in [2.45, 2.75) is 0 Å². The fraction of sp³-hybridized carbons (Fsp3) is 0.0909. The third-order valence-corrected chi connectivity index (χ3v) is 3.69. The molecule has 0 aromatic heterocycles. The fourth-order valence-corrected chi connectivity index (χ4v) is 2.75. The lowest BCUT2D eigenvalue weighted by atomic mass is 10.2. The van der Waals surface area contributed by atoms with Crippen LogP contribution in [0.2, 0.25) is 0 Å². The molecule has 0 bridgehead atoms. The molecule has 1 aromatic rings. The van der Waals surface area contributed by atoms with Gasteiger partial charge in [-0.05, 0) is 23.8 Å². The third-order valence-electron chi connectivity index (χ3n) is 2.06. The van der Waals surface area contributed by atoms with E-state index in [9.17, 15) is 0 Å². The average Bonchev–Trinajstić information content (AvgIpc) is 2.59. The van der Waals surface area contributed by atoms with Crippen LogP contribution in [0.4, 0.5) is 0 Å². The number of hydrogen-bond donors (Lipinski definition) is 1. The summed E-state index contributed by atoms with van der Waals surface area (Å²) in [4.78, 5) is 1.69. The number of nitrogens with one attached hydrogen (secondary N) is 1. The minimum atomic E-state index is 0.700. The van der Waals surface area contributed by atoms with Gasteiger partial charge >= 0.3 is 0 Å². The van der Waals surface area contributed by atoms with Gasteiger partial charge in [0.2, 0.25) is 0 Å². The van der Waals surface area contributed by atoms with E-state index in [1.807, 2.05) is 30.3 Å². The summed E-state index contributed by atoms with van der Waals surface area (Å²) in [5.74, 6) is 0.845. The molecule has 1 fully saturated rings. The quantitative estimate of drug-likeness (QED) is 0.655. The zero-order chi connectivity index (χ0) is 11.5. The molecule has 1 heterocycles. The van der Waals surface area contributed by atoms with Gasteiger partial charge in [0.05, 0.1) is 7.11 Å². The summed E-state index contributed by atoms with van der Waals surface area (Å²) in [6.07, 6.45) is 2.01. The molecule has 1 saturated heterocycles. The van der Waals surface area contributed by atoms with E-state index in [1.165, 1.54) is 11.8 Å². The van der Waals surface area contributed by atoms with Gasteiger partial charge in [0.1, 0.15) is 15.1 Å². The van der Waals surface area contributed by atoms with Gasteiger partial charge in [-0.3, -0.25) is 0 Å². The van der Waals surface area contributed by atoms with Crippen LogP contribution >= 0.6 is 36.2 Å². The monoisotopic (exact) mass is 267 g/mol. The van der Waals surface area contributed by atoms with Crippen LogP contribution in [0.15, 0.2) is 29.2 Å². The van der Waals surface area contributed by atoms with E-state index in [1.54, 1.807) is 7.11 Å². The molecule has 0 radical (unpaired) electrons. The van der Waals surface area contributed by atoms with Gasteiger partial charge in [0.15, 0.2) is 0 Å². The van der Waals surface area contributed by atoms with E-state index in [4.69, 9.17) is 29.2 Å². The molecular weight excluding hydrogens is 258 g/mol. The minimum absolute atomic E-state index is 0.700. The molecular formula is C11H9NOS3. The minimum Gasteiger partial charge on any atom is -0.497 e. The molecule has 82 valence electrons. The van der Waals surface area contributed by atoms with Crippen LogP contribution < -0.4 is 10.1 Å². The van der Waals surface area contributed by atoms with Crippen LogP contribution in [-0.2, 0) is 0 Å². The average molecular weight is 267 g/mol. The van der Waals surface area contributed by atoms with Crippen LogP contribution in [0.25, 0.3) is 6.08 Å². The second kappa shape index (κ2) is 4.95. The molecule has 0 aliphatic carbocycles. The van der Waals surface area contributed by atoms with Gasteiger partial charge < -0.3 is 10.1 Å². The van der Waals surface area contributed by atoms with Crippen LogP contribution in [0, 0.1) is 0 Å². The molecule has 1 aliphatic rings. The molecule has 2 nitrogen and oxygen atoms in total. The van der Waals surface area contributed by atoms with E-state index in [-0.39, 0.29) is 0 Å². The maximum absolute atomic E-state index is 5.15. The van der Waals surface area contributed by atoms with Gasteiger partial charge in [0, 0.05) is 4.91 Å². The Kier molecular flexibility index (Phi) is 3.58. The first-order chi connectivity index (χ1) is 7.69. The van der Waals surface area contributed by atoms with Crippen LogP contribution in [0.5, 0.6) is 5.75 Å². The molecule has 1 N–H and O–H groups in total. The molecule has 0 atom stereocenters. The van der Waals surface area contributed by atoms with Crippen LogP contribution in [-0.4, -0.2) is 16.4 Å². The van der Waals surface area contributed by atoms with Crippen molar-refractivity contribution in [2.75, 3.05) is 7.11 Å². The lowest BCUT2D eigenvalue weighted by Crippen LogP contribution is -2.15. The van der Waals surface area contributed by atoms with Crippen LogP contribution in [0.1, 0.15) is 5.56 Å². The molecule has 5 heteroatoms. The number of methoxy groups -OCH3 is 1. The van der Waals surface area contributed by atoms with Crippen molar-refractivity contribution in [1.29, 1.82) is 0 Å². The molecule has 1 aliphatic heterocycles. The summed E-state index contributed by atoms with van der Waals surface area (Å²) < 4.78 is 5.81. The van der Waals surface area contributed by atoms with Gasteiger partial charge in [0.25, 0.3) is 0 Å². The van der Waals surface area contributed by atoms with Crippen molar-refractivity contribution in [3.8, 4) is 5.75 Å². The van der Waals surface area contributed by atoms with Crippen molar-refractivity contribution in [1.82, 2.24) is 5.32 Å². The zero-order valence-electron chi connectivity index (χ0n) is 8.52. The number of benzene rings is 1. The molecule has 1 aromatic carbocycles. The Bertz CT molecular complexity index is 465. The maximum Gasteiger partial charge on any atom is 0.143 e. The third kappa shape index (κ3) is 2.61. The fourth-order valence-electron chi connectivity index (χ4n) is 1.27. The topological polar surface area (TPSA) is 21.3 Å². The lowest BCUT2D eigenvalue weighted by molar-refractivity contribution is 0.415. The molecule has 2 rings (SSSR count). The van der Waals surface area contributed by atoms with E-state index in [0.717, 1.165) is 16.2 Å². The first-order valence-electron chi connectivity index (χ1n) is 4.58. The number of rotatable bonds is 2. The second-order valence-corrected chi connectivity index (χ2v) is 5.25. The molecule has 0 amide bonds. The van der Waals surface area contributed by atoms with E-state index < -0.39 is 0 Å². The molecule has 0 unspecified atom stereocenters. The van der Waals surface area contributed by atoms with Gasteiger partial charge in [-0.15, -0.1) is 0 Å². The van der Waals surface area contributed by atoms with E-state index in [2.05, 4.69) is 5.32 Å². The highest BCUT2D eigenvalue weighted by Gasteiger charge is 2.17. The smallest absolute Gasteiger partial charge is 0.143 e. The van der Waals surface area contributed by atoms with Crippen molar-refractivity contribution < 1.29 is 4.74 Å². The van der Waals surface area contributed by atoms with Crippen molar-refractivity contribution >= 4 is 51.6 Å². The van der Waals surface area contributed by atoms with Crippen molar-refractivity contribution in [2.24, 2.45) is 0 Å². The Morgan fingerprint density at radius 2 is 1.94 bits per heavy atom. The zero-order valence-corrected chi connectivity index (χ0v) is 11.0. The summed E-state index contributed by atoms with van der Waals surface area (Å²) in [6, 6.07) is 7.80. The first kappa shape index (κ1) is 11.6. The largest absolute Gasteiger partial charge is 0.497 e. The predicted molar refractivity (Wildman–Crippen MR) is 76.9 cm³/mol. The van der Waals surface area contributed by atoms with Crippen molar-refractivity contribution in [3.63, 3.8) is 0 Å². The molecule has 16 heavy (non-hydrogen) atoms. The highest BCUT2D eigenvalue weighted by atomic mass is 32.2. The Balaban J connectivity index is 2.22. The van der Waals surface area contributed by atoms with Gasteiger partial charge in [-0.2, -0.15) is 0 Å². The summed E-state index contributed by atoms with van der Waals surface area (Å²) in [5, 5.41) is 2.94. The normalized spacial score (nSPS) is 17.7. The Labute approximate surface area is 109 Å². The van der Waals surface area contributed by atoms with Gasteiger partial charge in [-0.25, -0.2) is 0 Å². The summed E-state index contributed by atoms with van der Waals surface area (Å²) >= 11 is 11.7. The summed E-state index contributed by atoms with van der Waals surface area (Å²) in [5.41, 5.74) is 1.08. The number of thioether (sulfide) groups is 1. The molecule has 0 saturated carbocycles. The standard InChI is InChI=1S/C11H9NOS3/c1-13-8-4-2-7(3-5-8)6-9-10(14)12-11(15)16-9/h2-6H,1H3,(H,12,14,15)/b9-6-. The maximum atomic E-state index is 5.15. The first-order valence-corrected chi connectivity index (χ1v) is 6.21. The highest BCUT2D eigenvalue weighted by molar-refractivity contribution is 8.27. The van der Waals surface area contributed by atoms with Crippen molar-refractivity contribution in [3.05, 3.63) is 34.7 Å². The summed E-state index contributed by atoms with van der Waals surface area (Å²) in [7, 11) is 1.65. The number of hydrogen-bond acceptors (Lipinski definition) is 4. The Morgan fingerprint density at radius 3 is 2.44 bits per heavy atom. The van der Waals surface area contributed by atoms with E-state index >= 15 is 0 Å². The van der Waals surface area contributed by atoms with E-state index in [0.29, 0.717) is 9.31 Å².